The molecule has 4 nitrogen and oxygen atoms in total. The van der Waals surface area contributed by atoms with Gasteiger partial charge < -0.3 is 18.6 Å². The molecule has 173 valence electrons. The van der Waals surface area contributed by atoms with E-state index in [1.807, 2.05) is 62.4 Å². The molecule has 2 heterocycles. The highest BCUT2D eigenvalue weighted by molar-refractivity contribution is 6.53. The van der Waals surface area contributed by atoms with E-state index in [1.54, 1.807) is 21.3 Å². The van der Waals surface area contributed by atoms with Crippen LogP contribution in [-0.2, 0) is 4.65 Å². The van der Waals surface area contributed by atoms with Crippen LogP contribution in [0.4, 0.5) is 0 Å². The molecule has 6 rings (SSSR count). The minimum Gasteiger partial charge on any atom is -0.456 e. The van der Waals surface area contributed by atoms with Gasteiger partial charge in [-0.05, 0) is 56.9 Å². The van der Waals surface area contributed by atoms with Crippen molar-refractivity contribution in [1.82, 2.24) is 0 Å². The first kappa shape index (κ1) is 22.0. The van der Waals surface area contributed by atoms with Crippen LogP contribution in [-0.4, -0.2) is 23.8 Å². The summed E-state index contributed by atoms with van der Waals surface area (Å²) in [6.45, 7) is 7.26. The van der Waals surface area contributed by atoms with Crippen molar-refractivity contribution in [3.05, 3.63) is 78.9 Å². The summed E-state index contributed by atoms with van der Waals surface area (Å²) in [6, 6.07) is 26.4. The van der Waals surface area contributed by atoms with Gasteiger partial charge in [-0.15, -0.1) is 0 Å². The lowest BCUT2D eigenvalue weighted by molar-refractivity contribution is -0.0893. The maximum Gasteiger partial charge on any atom is 0.331 e. The molecule has 1 N–H and O–H groups in total. The second-order valence-electron chi connectivity index (χ2n) is 10.1. The third-order valence-electron chi connectivity index (χ3n) is 7.20. The summed E-state index contributed by atoms with van der Waals surface area (Å²) in [6.07, 6.45) is 0. The Hall–Kier alpha value is -3.54. The van der Waals surface area contributed by atoms with Crippen LogP contribution in [0.25, 0.3) is 55.0 Å². The number of hydrogen-bond donors (Lipinski definition) is 1. The Morgan fingerprint density at radius 3 is 2.09 bits per heavy atom. The van der Waals surface area contributed by atoms with E-state index in [9.17, 15) is 5.11 Å². The lowest BCUT2D eigenvalue weighted by atomic mass is 9.80. The van der Waals surface area contributed by atoms with Crippen molar-refractivity contribution in [2.24, 2.45) is 0 Å². The standard InChI is InChI=1S/C30H26BO4/c1-29(2,32)30(3,4)35-31-22-14-9-17-25-27(22)26-19(11-8-16-24(26)33-25)21-13-7-12-20-18-10-5-6-15-23(18)34-28(20)21/h5-17,32H,1-4H3. The number of para-hydroxylation sites is 2. The average Bonchev–Trinajstić information content (AvgIpc) is 3.40. The van der Waals surface area contributed by atoms with Crippen LogP contribution in [0.1, 0.15) is 27.7 Å². The lowest BCUT2D eigenvalue weighted by Crippen LogP contribution is -2.49. The summed E-state index contributed by atoms with van der Waals surface area (Å²) in [5.41, 5.74) is 4.45. The molecule has 0 fully saturated rings. The molecule has 6 aromatic rings. The second-order valence-corrected chi connectivity index (χ2v) is 10.1. The average molecular weight is 461 g/mol. The zero-order valence-electron chi connectivity index (χ0n) is 20.3. The van der Waals surface area contributed by atoms with Crippen molar-refractivity contribution >= 4 is 56.8 Å². The fourth-order valence-corrected chi connectivity index (χ4v) is 4.53. The number of fused-ring (bicyclic) bond motifs is 6. The zero-order chi connectivity index (χ0) is 24.4. The van der Waals surface area contributed by atoms with Crippen molar-refractivity contribution in [3.8, 4) is 11.1 Å². The summed E-state index contributed by atoms with van der Waals surface area (Å²) in [5.74, 6) is 0. The topological polar surface area (TPSA) is 55.7 Å². The largest absolute Gasteiger partial charge is 0.456 e. The highest BCUT2D eigenvalue weighted by atomic mass is 16.5. The minimum absolute atomic E-state index is 0.780. The van der Waals surface area contributed by atoms with Crippen molar-refractivity contribution in [2.75, 3.05) is 0 Å². The first-order valence-electron chi connectivity index (χ1n) is 11.8. The maximum atomic E-state index is 10.5. The SMILES string of the molecule is CC(C)(O)C(C)(C)O[B]c1cccc2oc3cccc(-c4cccc5c4oc4ccccc45)c3c12. The second kappa shape index (κ2) is 7.74. The van der Waals surface area contributed by atoms with Gasteiger partial charge in [0.25, 0.3) is 0 Å². The lowest BCUT2D eigenvalue weighted by Gasteiger charge is -2.37. The molecule has 0 saturated carbocycles. The maximum absolute atomic E-state index is 10.5. The Bertz CT molecular complexity index is 1720. The van der Waals surface area contributed by atoms with Crippen molar-refractivity contribution in [3.63, 3.8) is 0 Å². The number of rotatable bonds is 5. The van der Waals surface area contributed by atoms with Crippen LogP contribution in [0.15, 0.2) is 87.7 Å². The number of furan rings is 2. The number of hydrogen-bond acceptors (Lipinski definition) is 4. The van der Waals surface area contributed by atoms with Gasteiger partial charge in [0.15, 0.2) is 0 Å². The molecule has 0 aliphatic rings. The van der Waals surface area contributed by atoms with Crippen LogP contribution >= 0.6 is 0 Å². The summed E-state index contributed by atoms with van der Waals surface area (Å²) in [4.78, 5) is 0. The Kier molecular flexibility index (Phi) is 4.86. The Labute approximate surface area is 204 Å². The summed E-state index contributed by atoms with van der Waals surface area (Å²) in [7, 11) is 1.73. The molecule has 2 aromatic heterocycles. The minimum atomic E-state index is -1.02. The zero-order valence-corrected chi connectivity index (χ0v) is 20.3. The quantitative estimate of drug-likeness (QED) is 0.282. The van der Waals surface area contributed by atoms with E-state index in [2.05, 4.69) is 30.3 Å². The van der Waals surface area contributed by atoms with Gasteiger partial charge in [-0.25, -0.2) is 0 Å². The molecule has 1 radical (unpaired) electrons. The van der Waals surface area contributed by atoms with Gasteiger partial charge in [0, 0.05) is 27.1 Å². The Balaban J connectivity index is 1.58. The van der Waals surface area contributed by atoms with E-state index >= 15 is 0 Å². The molecule has 4 aromatic carbocycles. The molecule has 0 atom stereocenters. The smallest absolute Gasteiger partial charge is 0.331 e. The van der Waals surface area contributed by atoms with Gasteiger partial charge in [0.1, 0.15) is 22.3 Å². The predicted octanol–water partition coefficient (Wildman–Crippen LogP) is 6.96. The molecule has 0 amide bonds. The molecule has 0 bridgehead atoms. The van der Waals surface area contributed by atoms with Crippen LogP contribution < -0.4 is 5.46 Å². The van der Waals surface area contributed by atoms with Crippen molar-refractivity contribution in [1.29, 1.82) is 0 Å². The van der Waals surface area contributed by atoms with E-state index in [4.69, 9.17) is 13.5 Å². The van der Waals surface area contributed by atoms with Crippen LogP contribution in [0, 0.1) is 0 Å². The monoisotopic (exact) mass is 461 g/mol. The summed E-state index contributed by atoms with van der Waals surface area (Å²) in [5, 5.41) is 14.7. The van der Waals surface area contributed by atoms with Crippen LogP contribution in [0.5, 0.6) is 0 Å². The van der Waals surface area contributed by atoms with E-state index in [1.165, 1.54) is 0 Å². The molecule has 0 spiro atoms. The molecule has 0 aliphatic carbocycles. The van der Waals surface area contributed by atoms with Gasteiger partial charge in [0.2, 0.25) is 0 Å². The summed E-state index contributed by atoms with van der Waals surface area (Å²) >= 11 is 0. The Morgan fingerprint density at radius 1 is 0.657 bits per heavy atom. The van der Waals surface area contributed by atoms with Crippen LogP contribution in [0.2, 0.25) is 0 Å². The third kappa shape index (κ3) is 3.46. The normalized spacial score (nSPS) is 12.8. The fraction of sp³-hybridized carbons (Fsp3) is 0.200. The van der Waals surface area contributed by atoms with Gasteiger partial charge in [-0.2, -0.15) is 0 Å². The van der Waals surface area contributed by atoms with Gasteiger partial charge in [-0.1, -0.05) is 60.7 Å². The van der Waals surface area contributed by atoms with Gasteiger partial charge >= 0.3 is 7.48 Å². The first-order chi connectivity index (χ1) is 16.7. The van der Waals surface area contributed by atoms with E-state index in [0.29, 0.717) is 0 Å². The molecule has 0 aliphatic heterocycles. The number of benzene rings is 4. The van der Waals surface area contributed by atoms with Gasteiger partial charge in [-0.3, -0.25) is 0 Å². The molecule has 5 heteroatoms. The molecular formula is C30H26BO4. The van der Waals surface area contributed by atoms with Crippen LogP contribution in [0.3, 0.4) is 0 Å². The fourth-order valence-electron chi connectivity index (χ4n) is 4.53. The van der Waals surface area contributed by atoms with Crippen molar-refractivity contribution < 1.29 is 18.6 Å². The van der Waals surface area contributed by atoms with E-state index < -0.39 is 11.2 Å². The molecule has 0 unspecified atom stereocenters. The Morgan fingerprint density at radius 2 is 1.29 bits per heavy atom. The summed E-state index contributed by atoms with van der Waals surface area (Å²) < 4.78 is 18.7. The van der Waals surface area contributed by atoms with Crippen molar-refractivity contribution in [2.45, 2.75) is 38.9 Å². The number of aliphatic hydroxyl groups is 1. The molecular weight excluding hydrogens is 435 g/mol. The predicted molar refractivity (Wildman–Crippen MR) is 143 cm³/mol. The first-order valence-corrected chi connectivity index (χ1v) is 11.8. The van der Waals surface area contributed by atoms with E-state index in [0.717, 1.165) is 60.5 Å². The molecule has 35 heavy (non-hydrogen) atoms. The highest BCUT2D eigenvalue weighted by Crippen LogP contribution is 2.41. The van der Waals surface area contributed by atoms with Gasteiger partial charge in [0.05, 0.1) is 11.2 Å². The molecule has 0 saturated heterocycles. The third-order valence-corrected chi connectivity index (χ3v) is 7.20. The highest BCUT2D eigenvalue weighted by Gasteiger charge is 2.36. The van der Waals surface area contributed by atoms with E-state index in [-0.39, 0.29) is 0 Å².